The third kappa shape index (κ3) is 5.92. The van der Waals surface area contributed by atoms with Crippen LogP contribution < -0.4 is 5.32 Å². The van der Waals surface area contributed by atoms with Crippen molar-refractivity contribution in [2.75, 3.05) is 51.6 Å². The fraction of sp³-hybridized carbons (Fsp3) is 0.429. The van der Waals surface area contributed by atoms with Gasteiger partial charge in [-0.15, -0.1) is 0 Å². The Morgan fingerprint density at radius 1 is 1.04 bits per heavy atom. The largest absolute Gasteiger partial charge is 0.384 e. The molecule has 1 fully saturated rings. The maximum atomic E-state index is 6.23. The molecule has 0 atom stereocenters. The molecule has 2 aromatic rings. The first-order valence-electron chi connectivity index (χ1n) is 9.29. The summed E-state index contributed by atoms with van der Waals surface area (Å²) in [5, 5.41) is 4.37. The minimum Gasteiger partial charge on any atom is -0.384 e. The fourth-order valence-corrected chi connectivity index (χ4v) is 4.14. The Balaban J connectivity index is 1.53. The minimum atomic E-state index is 0.778. The topological polar surface area (TPSA) is 18.5 Å². The van der Waals surface area contributed by atoms with E-state index >= 15 is 0 Å². The second-order valence-corrected chi connectivity index (χ2v) is 8.53. The van der Waals surface area contributed by atoms with Crippen LogP contribution in [0.2, 0.25) is 5.02 Å². The van der Waals surface area contributed by atoms with Crippen molar-refractivity contribution in [3.05, 3.63) is 53.1 Å². The number of likely N-dealkylation sites (N-methyl/N-ethyl adjacent to an activating group) is 1. The van der Waals surface area contributed by atoms with E-state index in [9.17, 15) is 0 Å². The number of benzene rings is 2. The Morgan fingerprint density at radius 3 is 2.50 bits per heavy atom. The summed E-state index contributed by atoms with van der Waals surface area (Å²) in [6.07, 6.45) is 1.14. The summed E-state index contributed by atoms with van der Waals surface area (Å²) in [4.78, 5) is 7.42. The maximum absolute atomic E-state index is 6.23. The molecular formula is C21H28ClN3S. The van der Waals surface area contributed by atoms with E-state index in [1.165, 1.54) is 41.5 Å². The summed E-state index contributed by atoms with van der Waals surface area (Å²) in [5.41, 5.74) is 2.41. The second kappa shape index (κ2) is 9.65. The van der Waals surface area contributed by atoms with Crippen LogP contribution in [0.3, 0.4) is 0 Å². The molecule has 1 aliphatic rings. The number of aryl methyl sites for hydroxylation is 1. The predicted octanol–water partition coefficient (Wildman–Crippen LogP) is 4.85. The summed E-state index contributed by atoms with van der Waals surface area (Å²) < 4.78 is 0. The fourth-order valence-electron chi connectivity index (χ4n) is 3.06. The molecule has 3 rings (SSSR count). The molecule has 0 saturated carbocycles. The van der Waals surface area contributed by atoms with Crippen LogP contribution in [-0.2, 0) is 0 Å². The van der Waals surface area contributed by atoms with Crippen LogP contribution in [-0.4, -0.2) is 56.1 Å². The molecule has 0 amide bonds. The first-order valence-corrected chi connectivity index (χ1v) is 10.5. The predicted molar refractivity (Wildman–Crippen MR) is 114 cm³/mol. The van der Waals surface area contributed by atoms with Gasteiger partial charge in [0.25, 0.3) is 0 Å². The highest BCUT2D eigenvalue weighted by Gasteiger charge is 2.13. The van der Waals surface area contributed by atoms with Crippen molar-refractivity contribution >= 4 is 29.1 Å². The van der Waals surface area contributed by atoms with Gasteiger partial charge in [-0.1, -0.05) is 41.1 Å². The van der Waals surface area contributed by atoms with Gasteiger partial charge < -0.3 is 15.1 Å². The highest BCUT2D eigenvalue weighted by Crippen LogP contribution is 2.35. The van der Waals surface area contributed by atoms with Gasteiger partial charge >= 0.3 is 0 Å². The van der Waals surface area contributed by atoms with Gasteiger partial charge in [0.1, 0.15) is 0 Å². The lowest BCUT2D eigenvalue weighted by molar-refractivity contribution is 0.154. The molecule has 0 bridgehead atoms. The number of nitrogens with one attached hydrogen (secondary N) is 1. The van der Waals surface area contributed by atoms with E-state index in [1.807, 2.05) is 12.1 Å². The average molecular weight is 390 g/mol. The molecular weight excluding hydrogens is 362 g/mol. The van der Waals surface area contributed by atoms with Crippen LogP contribution in [0.4, 0.5) is 5.69 Å². The molecule has 1 N–H and O–H groups in total. The maximum Gasteiger partial charge on any atom is 0.0496 e. The highest BCUT2D eigenvalue weighted by molar-refractivity contribution is 7.99. The Labute approximate surface area is 166 Å². The van der Waals surface area contributed by atoms with Gasteiger partial charge in [-0.25, -0.2) is 0 Å². The first-order chi connectivity index (χ1) is 12.6. The number of hydrogen-bond acceptors (Lipinski definition) is 4. The molecule has 26 heavy (non-hydrogen) atoms. The Kier molecular flexibility index (Phi) is 7.26. The van der Waals surface area contributed by atoms with Gasteiger partial charge in [-0.3, -0.25) is 0 Å². The Morgan fingerprint density at radius 2 is 1.77 bits per heavy atom. The highest BCUT2D eigenvalue weighted by atomic mass is 35.5. The van der Waals surface area contributed by atoms with E-state index in [0.717, 1.165) is 30.2 Å². The van der Waals surface area contributed by atoms with Gasteiger partial charge in [0.15, 0.2) is 0 Å². The number of nitrogens with zero attached hydrogens (tertiary/aromatic N) is 2. The molecule has 5 heteroatoms. The zero-order valence-electron chi connectivity index (χ0n) is 15.7. The molecule has 0 spiro atoms. The third-order valence-corrected chi connectivity index (χ3v) is 6.07. The van der Waals surface area contributed by atoms with E-state index < -0.39 is 0 Å². The normalized spacial score (nSPS) is 16.0. The van der Waals surface area contributed by atoms with E-state index in [2.05, 4.69) is 59.4 Å². The molecule has 2 aromatic carbocycles. The van der Waals surface area contributed by atoms with Crippen molar-refractivity contribution in [1.82, 2.24) is 9.80 Å². The van der Waals surface area contributed by atoms with Crippen molar-refractivity contribution in [3.63, 3.8) is 0 Å². The standard InChI is InChI=1S/C21H28ClN3S/c1-17-4-7-19(8-5-17)26-21-9-6-18(22)16-20(21)23-10-3-11-25-14-12-24(2)13-15-25/h4-9,16,23H,3,10-15H2,1-2H3. The summed E-state index contributed by atoms with van der Waals surface area (Å²) in [7, 11) is 2.20. The number of halogens is 1. The Hall–Kier alpha value is -1.20. The summed E-state index contributed by atoms with van der Waals surface area (Å²) in [6, 6.07) is 14.8. The lowest BCUT2D eigenvalue weighted by Crippen LogP contribution is -2.44. The zero-order chi connectivity index (χ0) is 18.4. The average Bonchev–Trinajstić information content (AvgIpc) is 2.64. The number of piperazine rings is 1. The van der Waals surface area contributed by atoms with Gasteiger partial charge in [0.05, 0.1) is 0 Å². The van der Waals surface area contributed by atoms with Crippen LogP contribution in [0, 0.1) is 6.92 Å². The quantitative estimate of drug-likeness (QED) is 0.682. The summed E-state index contributed by atoms with van der Waals surface area (Å²) >= 11 is 8.01. The second-order valence-electron chi connectivity index (χ2n) is 6.98. The van der Waals surface area contributed by atoms with E-state index in [4.69, 9.17) is 11.6 Å². The van der Waals surface area contributed by atoms with E-state index in [0.29, 0.717) is 0 Å². The van der Waals surface area contributed by atoms with Gasteiger partial charge in [-0.05, 0) is 57.3 Å². The molecule has 1 heterocycles. The van der Waals surface area contributed by atoms with E-state index in [-0.39, 0.29) is 0 Å². The van der Waals surface area contributed by atoms with Crippen molar-refractivity contribution < 1.29 is 0 Å². The minimum absolute atomic E-state index is 0.778. The molecule has 3 nitrogen and oxygen atoms in total. The molecule has 0 aromatic heterocycles. The van der Waals surface area contributed by atoms with Crippen LogP contribution in [0.5, 0.6) is 0 Å². The monoisotopic (exact) mass is 389 g/mol. The van der Waals surface area contributed by atoms with Crippen molar-refractivity contribution in [3.8, 4) is 0 Å². The van der Waals surface area contributed by atoms with E-state index in [1.54, 1.807) is 11.8 Å². The Bertz CT molecular complexity index is 697. The van der Waals surface area contributed by atoms with Crippen LogP contribution in [0.25, 0.3) is 0 Å². The lowest BCUT2D eigenvalue weighted by atomic mass is 10.2. The number of anilines is 1. The molecule has 140 valence electrons. The van der Waals surface area contributed by atoms with Crippen LogP contribution in [0.15, 0.2) is 52.3 Å². The van der Waals surface area contributed by atoms with Gasteiger partial charge in [0.2, 0.25) is 0 Å². The molecule has 1 aliphatic heterocycles. The van der Waals surface area contributed by atoms with Gasteiger partial charge in [0, 0.05) is 53.2 Å². The molecule has 0 aliphatic carbocycles. The smallest absolute Gasteiger partial charge is 0.0496 e. The molecule has 0 radical (unpaired) electrons. The SMILES string of the molecule is Cc1ccc(Sc2ccc(Cl)cc2NCCCN2CCN(C)CC2)cc1. The number of rotatable bonds is 7. The van der Waals surface area contributed by atoms with Crippen molar-refractivity contribution in [2.45, 2.75) is 23.1 Å². The molecule has 0 unspecified atom stereocenters. The van der Waals surface area contributed by atoms with Crippen LogP contribution in [0.1, 0.15) is 12.0 Å². The molecule has 1 saturated heterocycles. The lowest BCUT2D eigenvalue weighted by Gasteiger charge is -2.32. The first kappa shape index (κ1) is 19.6. The van der Waals surface area contributed by atoms with Gasteiger partial charge in [-0.2, -0.15) is 0 Å². The zero-order valence-corrected chi connectivity index (χ0v) is 17.2. The van der Waals surface area contributed by atoms with Crippen molar-refractivity contribution in [1.29, 1.82) is 0 Å². The van der Waals surface area contributed by atoms with Crippen molar-refractivity contribution in [2.24, 2.45) is 0 Å². The number of hydrogen-bond donors (Lipinski definition) is 1. The van der Waals surface area contributed by atoms with Crippen LogP contribution >= 0.6 is 23.4 Å². The summed E-state index contributed by atoms with van der Waals surface area (Å²) in [5.74, 6) is 0. The third-order valence-electron chi connectivity index (χ3n) is 4.75. The summed E-state index contributed by atoms with van der Waals surface area (Å²) in [6.45, 7) is 8.96.